The summed E-state index contributed by atoms with van der Waals surface area (Å²) in [7, 11) is 0. The third kappa shape index (κ3) is 3.03. The van der Waals surface area contributed by atoms with Gasteiger partial charge in [0.2, 0.25) is 0 Å². The van der Waals surface area contributed by atoms with E-state index in [0.717, 1.165) is 11.3 Å². The van der Waals surface area contributed by atoms with Crippen molar-refractivity contribution in [3.05, 3.63) is 53.0 Å². The number of Topliss-reactive ketones (excluding diaryl/α,β-unsaturated/α-hetero) is 1. The number of carboxylic acid groups (broad SMARTS) is 1. The summed E-state index contributed by atoms with van der Waals surface area (Å²) >= 11 is 1.47. The lowest BCUT2D eigenvalue weighted by Gasteiger charge is -2.12. The number of halogens is 1. The van der Waals surface area contributed by atoms with Gasteiger partial charge < -0.3 is 9.67 Å². The molecule has 6 heteroatoms. The Balaban J connectivity index is 1.82. The number of hydrogen-bond acceptors (Lipinski definition) is 3. The Morgan fingerprint density at radius 3 is 2.70 bits per heavy atom. The Bertz CT molecular complexity index is 767. The van der Waals surface area contributed by atoms with Crippen LogP contribution in [0.5, 0.6) is 0 Å². The molecule has 120 valence electrons. The zero-order valence-corrected chi connectivity index (χ0v) is 13.4. The van der Waals surface area contributed by atoms with E-state index in [1.165, 1.54) is 30.0 Å². The fourth-order valence-corrected chi connectivity index (χ4v) is 3.93. The van der Waals surface area contributed by atoms with E-state index in [2.05, 4.69) is 0 Å². The number of hydrogen-bond donors (Lipinski definition) is 1. The van der Waals surface area contributed by atoms with Crippen LogP contribution in [0.3, 0.4) is 0 Å². The van der Waals surface area contributed by atoms with Gasteiger partial charge in [-0.2, -0.15) is 0 Å². The third-order valence-corrected chi connectivity index (χ3v) is 5.15. The molecule has 1 N–H and O–H groups in total. The van der Waals surface area contributed by atoms with E-state index in [9.17, 15) is 19.1 Å². The predicted molar refractivity (Wildman–Crippen MR) is 85.9 cm³/mol. The van der Waals surface area contributed by atoms with Gasteiger partial charge in [0, 0.05) is 18.7 Å². The fraction of sp³-hybridized carbons (Fsp3) is 0.294. The first-order chi connectivity index (χ1) is 11.0. The van der Waals surface area contributed by atoms with Gasteiger partial charge in [-0.05, 0) is 29.7 Å². The van der Waals surface area contributed by atoms with Crippen LogP contribution >= 0.6 is 11.8 Å². The largest absolute Gasteiger partial charge is 0.478 e. The summed E-state index contributed by atoms with van der Waals surface area (Å²) in [5.41, 5.74) is 1.54. The molecule has 0 saturated heterocycles. The molecule has 0 amide bonds. The maximum Gasteiger partial charge on any atom is 0.338 e. The molecule has 2 heterocycles. The average molecular weight is 333 g/mol. The summed E-state index contributed by atoms with van der Waals surface area (Å²) in [4.78, 5) is 23.9. The molecule has 0 bridgehead atoms. The maximum absolute atomic E-state index is 13.0. The Kier molecular flexibility index (Phi) is 4.26. The number of carbonyl (C=O) groups is 2. The molecule has 0 unspecified atom stereocenters. The molecule has 1 aliphatic rings. The highest BCUT2D eigenvalue weighted by Crippen LogP contribution is 2.34. The van der Waals surface area contributed by atoms with E-state index in [0.29, 0.717) is 17.3 Å². The molecule has 0 radical (unpaired) electrons. The van der Waals surface area contributed by atoms with Crippen molar-refractivity contribution in [1.29, 1.82) is 0 Å². The molecular weight excluding hydrogens is 317 g/mol. The molecule has 1 aromatic carbocycles. The number of ketones is 1. The van der Waals surface area contributed by atoms with Gasteiger partial charge in [0.1, 0.15) is 5.82 Å². The van der Waals surface area contributed by atoms with Gasteiger partial charge in [-0.3, -0.25) is 4.79 Å². The Morgan fingerprint density at radius 2 is 2.04 bits per heavy atom. The molecule has 0 fully saturated rings. The van der Waals surface area contributed by atoms with E-state index in [-0.39, 0.29) is 29.5 Å². The number of carbonyl (C=O) groups excluding carboxylic acids is 1. The molecule has 23 heavy (non-hydrogen) atoms. The van der Waals surface area contributed by atoms with Crippen molar-refractivity contribution in [2.75, 3.05) is 5.75 Å². The molecule has 1 atom stereocenters. The van der Waals surface area contributed by atoms with Crippen molar-refractivity contribution in [2.24, 2.45) is 0 Å². The monoisotopic (exact) mass is 333 g/mol. The molecule has 0 aliphatic carbocycles. The standard InChI is InChI=1S/C17H16FNO3S/c1-10(11-2-4-12(18)5-3-11)8-15(20)14-9-13(17(21)22)16-19(14)6-7-23-16/h2-5,9-10H,6-8H2,1H3,(H,21,22)/t10-/m0/s1. The molecule has 4 nitrogen and oxygen atoms in total. The number of aromatic carboxylic acids is 1. The van der Waals surface area contributed by atoms with E-state index in [1.54, 1.807) is 16.7 Å². The molecule has 1 aliphatic heterocycles. The number of fused-ring (bicyclic) bond motifs is 1. The predicted octanol–water partition coefficient (Wildman–Crippen LogP) is 3.81. The number of aromatic nitrogens is 1. The van der Waals surface area contributed by atoms with Crippen LogP contribution < -0.4 is 0 Å². The van der Waals surface area contributed by atoms with E-state index in [4.69, 9.17) is 0 Å². The van der Waals surface area contributed by atoms with Crippen molar-refractivity contribution in [2.45, 2.75) is 30.8 Å². The van der Waals surface area contributed by atoms with Crippen molar-refractivity contribution in [3.63, 3.8) is 0 Å². The first-order valence-electron chi connectivity index (χ1n) is 7.35. The number of carboxylic acids is 1. The Hall–Kier alpha value is -2.08. The highest BCUT2D eigenvalue weighted by molar-refractivity contribution is 7.99. The van der Waals surface area contributed by atoms with Crippen LogP contribution in [0.25, 0.3) is 0 Å². The molecule has 3 rings (SSSR count). The second kappa shape index (κ2) is 6.20. The lowest BCUT2D eigenvalue weighted by Crippen LogP contribution is -2.11. The van der Waals surface area contributed by atoms with Gasteiger partial charge in [-0.25, -0.2) is 9.18 Å². The van der Waals surface area contributed by atoms with Crippen LogP contribution in [0.2, 0.25) is 0 Å². The third-order valence-electron chi connectivity index (χ3n) is 4.05. The highest BCUT2D eigenvalue weighted by atomic mass is 32.2. The minimum absolute atomic E-state index is 0.0587. The zero-order valence-electron chi connectivity index (χ0n) is 12.6. The van der Waals surface area contributed by atoms with Gasteiger partial charge in [0.25, 0.3) is 0 Å². The lowest BCUT2D eigenvalue weighted by molar-refractivity contribution is 0.0692. The summed E-state index contributed by atoms with van der Waals surface area (Å²) < 4.78 is 14.8. The normalized spacial score (nSPS) is 14.5. The summed E-state index contributed by atoms with van der Waals surface area (Å²) in [6.45, 7) is 2.56. The van der Waals surface area contributed by atoms with E-state index < -0.39 is 5.97 Å². The van der Waals surface area contributed by atoms with E-state index in [1.807, 2.05) is 6.92 Å². The quantitative estimate of drug-likeness (QED) is 0.845. The van der Waals surface area contributed by atoms with Crippen molar-refractivity contribution >= 4 is 23.5 Å². The van der Waals surface area contributed by atoms with Crippen molar-refractivity contribution < 1.29 is 19.1 Å². The number of rotatable bonds is 5. The van der Waals surface area contributed by atoms with Crippen LogP contribution in [-0.2, 0) is 6.54 Å². The van der Waals surface area contributed by atoms with Crippen LogP contribution in [0.15, 0.2) is 35.4 Å². The minimum Gasteiger partial charge on any atom is -0.478 e. The topological polar surface area (TPSA) is 59.3 Å². The van der Waals surface area contributed by atoms with Gasteiger partial charge in [0.05, 0.1) is 16.3 Å². The van der Waals surface area contributed by atoms with Gasteiger partial charge in [-0.1, -0.05) is 19.1 Å². The van der Waals surface area contributed by atoms with Gasteiger partial charge in [-0.15, -0.1) is 11.8 Å². The Labute approximate surface area is 137 Å². The smallest absolute Gasteiger partial charge is 0.338 e. The van der Waals surface area contributed by atoms with Crippen LogP contribution in [0.1, 0.15) is 45.7 Å². The van der Waals surface area contributed by atoms with Gasteiger partial charge in [0.15, 0.2) is 5.78 Å². The fourth-order valence-electron chi connectivity index (χ4n) is 2.82. The Morgan fingerprint density at radius 1 is 1.35 bits per heavy atom. The summed E-state index contributed by atoms with van der Waals surface area (Å²) in [5, 5.41) is 9.92. The zero-order chi connectivity index (χ0) is 16.6. The van der Waals surface area contributed by atoms with Crippen LogP contribution in [-0.4, -0.2) is 27.2 Å². The average Bonchev–Trinajstić information content (AvgIpc) is 3.08. The maximum atomic E-state index is 13.0. The highest BCUT2D eigenvalue weighted by Gasteiger charge is 2.27. The summed E-state index contributed by atoms with van der Waals surface area (Å²) in [5.74, 6) is -0.673. The van der Waals surface area contributed by atoms with Crippen molar-refractivity contribution in [3.8, 4) is 0 Å². The first kappa shape index (κ1) is 15.8. The van der Waals surface area contributed by atoms with Gasteiger partial charge >= 0.3 is 5.97 Å². The van der Waals surface area contributed by atoms with Crippen LogP contribution in [0.4, 0.5) is 4.39 Å². The SMILES string of the molecule is C[C@@H](CC(=O)c1cc(C(=O)O)c2n1CCS2)c1ccc(F)cc1. The molecule has 0 spiro atoms. The number of thioether (sulfide) groups is 1. The lowest BCUT2D eigenvalue weighted by atomic mass is 9.94. The van der Waals surface area contributed by atoms with E-state index >= 15 is 0 Å². The first-order valence-corrected chi connectivity index (χ1v) is 8.34. The molecule has 0 saturated carbocycles. The van der Waals surface area contributed by atoms with Crippen molar-refractivity contribution in [1.82, 2.24) is 4.57 Å². The number of benzene rings is 1. The number of nitrogens with zero attached hydrogens (tertiary/aromatic N) is 1. The molecular formula is C17H16FNO3S. The second-order valence-corrected chi connectivity index (χ2v) is 6.72. The second-order valence-electron chi connectivity index (χ2n) is 5.63. The summed E-state index contributed by atoms with van der Waals surface area (Å²) in [6, 6.07) is 7.58. The molecule has 1 aromatic heterocycles. The summed E-state index contributed by atoms with van der Waals surface area (Å²) in [6.07, 6.45) is 0.263. The minimum atomic E-state index is -1.01. The van der Waals surface area contributed by atoms with Crippen LogP contribution in [0, 0.1) is 5.82 Å². The molecule has 2 aromatic rings.